The van der Waals surface area contributed by atoms with Gasteiger partial charge in [-0.15, -0.1) is 0 Å². The highest BCUT2D eigenvalue weighted by Crippen LogP contribution is 2.29. The second kappa shape index (κ2) is 10.6. The van der Waals surface area contributed by atoms with Crippen molar-refractivity contribution in [2.45, 2.75) is 38.4 Å². The number of amides is 1. The van der Waals surface area contributed by atoms with Crippen LogP contribution in [0.5, 0.6) is 11.5 Å². The van der Waals surface area contributed by atoms with Crippen molar-refractivity contribution in [3.8, 4) is 23.3 Å². The molecule has 1 N–H and O–H groups in total. The maximum atomic E-state index is 12.4. The molecule has 160 valence electrons. The number of benzene rings is 2. The van der Waals surface area contributed by atoms with E-state index in [2.05, 4.69) is 11.8 Å². The number of ether oxygens (including phenoxy) is 2. The van der Waals surface area contributed by atoms with Crippen LogP contribution in [0, 0.1) is 11.8 Å². The van der Waals surface area contributed by atoms with Crippen LogP contribution < -0.4 is 14.8 Å². The number of carbonyl (C=O) groups excluding carboxylic acids is 1. The summed E-state index contributed by atoms with van der Waals surface area (Å²) in [5.74, 6) is 5.17. The van der Waals surface area contributed by atoms with Crippen molar-refractivity contribution >= 4 is 5.91 Å². The maximum Gasteiger partial charge on any atom is 0.471 e. The summed E-state index contributed by atoms with van der Waals surface area (Å²) >= 11 is 0. The summed E-state index contributed by atoms with van der Waals surface area (Å²) in [6.07, 6.45) is -3.29. The zero-order valence-electron chi connectivity index (χ0n) is 17.1. The van der Waals surface area contributed by atoms with Gasteiger partial charge in [-0.3, -0.25) is 4.79 Å². The number of methoxy groups -OCH3 is 2. The Kier molecular flexibility index (Phi) is 8.16. The zero-order chi connectivity index (χ0) is 22.1. The fraction of sp³-hybridized carbons (Fsp3) is 0.348. The van der Waals surface area contributed by atoms with Crippen molar-refractivity contribution in [2.75, 3.05) is 14.2 Å². The minimum absolute atomic E-state index is 0.142. The molecule has 0 aromatic heterocycles. The molecule has 0 aliphatic rings. The molecule has 1 atom stereocenters. The largest absolute Gasteiger partial charge is 0.496 e. The maximum absolute atomic E-state index is 12.4. The lowest BCUT2D eigenvalue weighted by molar-refractivity contribution is -0.174. The van der Waals surface area contributed by atoms with Crippen molar-refractivity contribution < 1.29 is 27.4 Å². The van der Waals surface area contributed by atoms with E-state index in [1.807, 2.05) is 35.6 Å². The summed E-state index contributed by atoms with van der Waals surface area (Å²) in [7, 11) is 2.96. The van der Waals surface area contributed by atoms with E-state index in [0.717, 1.165) is 6.42 Å². The third kappa shape index (κ3) is 6.73. The summed E-state index contributed by atoms with van der Waals surface area (Å²) in [6.45, 7) is 1.49. The van der Waals surface area contributed by atoms with E-state index in [1.165, 1.54) is 26.7 Å². The topological polar surface area (TPSA) is 47.6 Å². The number of hydrogen-bond acceptors (Lipinski definition) is 3. The van der Waals surface area contributed by atoms with Gasteiger partial charge >= 0.3 is 12.1 Å². The van der Waals surface area contributed by atoms with E-state index in [4.69, 9.17) is 9.47 Å². The number of hydrogen-bond donors (Lipinski definition) is 1. The van der Waals surface area contributed by atoms with E-state index >= 15 is 0 Å². The second-order valence-electron chi connectivity index (χ2n) is 6.73. The molecule has 2 rings (SSSR count). The summed E-state index contributed by atoms with van der Waals surface area (Å²) in [6, 6.07) is 12.6. The van der Waals surface area contributed by atoms with Crippen LogP contribution in [0.4, 0.5) is 13.2 Å². The van der Waals surface area contributed by atoms with Gasteiger partial charge < -0.3 is 14.8 Å². The first-order valence-corrected chi connectivity index (χ1v) is 9.40. The predicted molar refractivity (Wildman–Crippen MR) is 109 cm³/mol. The van der Waals surface area contributed by atoms with E-state index in [-0.39, 0.29) is 6.42 Å². The van der Waals surface area contributed by atoms with Gasteiger partial charge in [0.2, 0.25) is 0 Å². The molecule has 0 heterocycles. The number of halogens is 3. The normalized spacial score (nSPS) is 11.8. The molecule has 7 heteroatoms. The summed E-state index contributed by atoms with van der Waals surface area (Å²) in [4.78, 5) is 11.1. The van der Waals surface area contributed by atoms with Gasteiger partial charge in [-0.1, -0.05) is 42.2 Å². The van der Waals surface area contributed by atoms with E-state index < -0.39 is 18.1 Å². The number of alkyl halides is 3. The molecule has 2 aromatic carbocycles. The van der Waals surface area contributed by atoms with Crippen LogP contribution in [0.3, 0.4) is 0 Å². The van der Waals surface area contributed by atoms with Gasteiger partial charge in [0, 0.05) is 12.5 Å². The van der Waals surface area contributed by atoms with Crippen molar-refractivity contribution in [2.24, 2.45) is 0 Å². The molecular formula is C23H24F3NO3. The van der Waals surface area contributed by atoms with Crippen LogP contribution in [0.1, 0.15) is 30.0 Å². The fourth-order valence-electron chi connectivity index (χ4n) is 2.91. The Balaban J connectivity index is 2.13. The minimum atomic E-state index is -4.92. The van der Waals surface area contributed by atoms with Crippen LogP contribution in [-0.4, -0.2) is 32.3 Å². The van der Waals surface area contributed by atoms with Gasteiger partial charge in [-0.05, 0) is 43.0 Å². The van der Waals surface area contributed by atoms with Crippen molar-refractivity contribution in [3.05, 3.63) is 59.2 Å². The Bertz CT molecular complexity index is 915. The minimum Gasteiger partial charge on any atom is -0.496 e. The first-order chi connectivity index (χ1) is 14.2. The van der Waals surface area contributed by atoms with Gasteiger partial charge in [0.15, 0.2) is 0 Å². The molecule has 0 radical (unpaired) electrons. The molecule has 0 aliphatic carbocycles. The van der Waals surface area contributed by atoms with Crippen molar-refractivity contribution in [1.29, 1.82) is 0 Å². The first kappa shape index (κ1) is 23.1. The molecule has 0 spiro atoms. The Morgan fingerprint density at radius 3 is 2.37 bits per heavy atom. The highest BCUT2D eigenvalue weighted by Gasteiger charge is 2.39. The van der Waals surface area contributed by atoms with Gasteiger partial charge in [0.1, 0.15) is 11.5 Å². The van der Waals surface area contributed by atoms with Gasteiger partial charge in [0.25, 0.3) is 0 Å². The molecule has 0 aliphatic heterocycles. The quantitative estimate of drug-likeness (QED) is 0.681. The molecule has 4 nitrogen and oxygen atoms in total. The molecule has 1 amide bonds. The molecule has 2 aromatic rings. The van der Waals surface area contributed by atoms with E-state index in [0.29, 0.717) is 29.0 Å². The standard InChI is InChI=1S/C23H24F3NO3/c1-16(27-22(28)23(24,25)26)13-19-15-20(29-2)18(14-21(19)30-3)12-8-7-11-17-9-5-4-6-10-17/h4-6,9-10,14-16H,7,11,13H2,1-3H3,(H,27,28). The highest BCUT2D eigenvalue weighted by atomic mass is 19.4. The van der Waals surface area contributed by atoms with Crippen LogP contribution >= 0.6 is 0 Å². The number of rotatable bonds is 7. The highest BCUT2D eigenvalue weighted by molar-refractivity contribution is 5.81. The van der Waals surface area contributed by atoms with Gasteiger partial charge in [0.05, 0.1) is 19.8 Å². The number of nitrogens with one attached hydrogen (secondary N) is 1. The molecular weight excluding hydrogens is 395 g/mol. The van der Waals surface area contributed by atoms with Crippen molar-refractivity contribution in [3.63, 3.8) is 0 Å². The monoisotopic (exact) mass is 419 g/mol. The second-order valence-corrected chi connectivity index (χ2v) is 6.73. The Labute approximate surface area is 174 Å². The Morgan fingerprint density at radius 1 is 1.10 bits per heavy atom. The van der Waals surface area contributed by atoms with Gasteiger partial charge in [-0.2, -0.15) is 13.2 Å². The van der Waals surface area contributed by atoms with E-state index in [9.17, 15) is 18.0 Å². The lowest BCUT2D eigenvalue weighted by Crippen LogP contribution is -2.42. The molecule has 1 unspecified atom stereocenters. The van der Waals surface area contributed by atoms with E-state index in [1.54, 1.807) is 12.1 Å². The number of carbonyl (C=O) groups is 1. The summed E-state index contributed by atoms with van der Waals surface area (Å²) in [5.41, 5.74) is 2.43. The smallest absolute Gasteiger partial charge is 0.471 e. The van der Waals surface area contributed by atoms with Gasteiger partial charge in [-0.25, -0.2) is 0 Å². The molecule has 0 saturated heterocycles. The first-order valence-electron chi connectivity index (χ1n) is 9.40. The molecule has 30 heavy (non-hydrogen) atoms. The fourth-order valence-corrected chi connectivity index (χ4v) is 2.91. The van der Waals surface area contributed by atoms with Crippen LogP contribution in [0.2, 0.25) is 0 Å². The Hall–Kier alpha value is -3.14. The number of aryl methyl sites for hydroxylation is 1. The van der Waals surface area contributed by atoms with Crippen LogP contribution in [-0.2, 0) is 17.6 Å². The van der Waals surface area contributed by atoms with Crippen molar-refractivity contribution in [1.82, 2.24) is 5.32 Å². The average molecular weight is 419 g/mol. The molecule has 0 saturated carbocycles. The average Bonchev–Trinajstić information content (AvgIpc) is 2.71. The molecule has 0 bridgehead atoms. The lowest BCUT2D eigenvalue weighted by Gasteiger charge is -2.18. The lowest BCUT2D eigenvalue weighted by atomic mass is 10.0. The van der Waals surface area contributed by atoms with Crippen LogP contribution in [0.25, 0.3) is 0 Å². The third-order valence-electron chi connectivity index (χ3n) is 4.37. The predicted octanol–water partition coefficient (Wildman–Crippen LogP) is 4.30. The third-order valence-corrected chi connectivity index (χ3v) is 4.37. The Morgan fingerprint density at radius 2 is 1.77 bits per heavy atom. The zero-order valence-corrected chi connectivity index (χ0v) is 17.1. The summed E-state index contributed by atoms with van der Waals surface area (Å²) in [5, 5.41) is 1.94. The SMILES string of the molecule is COc1cc(CC(C)NC(=O)C(F)(F)F)c(OC)cc1C#CCCc1ccccc1. The summed E-state index contributed by atoms with van der Waals surface area (Å²) < 4.78 is 48.1. The van der Waals surface area contributed by atoms with Crippen LogP contribution in [0.15, 0.2) is 42.5 Å². The molecule has 0 fully saturated rings.